The molecule has 2 aromatic carbocycles. The Hall–Kier alpha value is -3.69. The van der Waals surface area contributed by atoms with Crippen LogP contribution in [0.15, 0.2) is 48.5 Å². The number of halogens is 1. The lowest BCUT2D eigenvalue weighted by molar-refractivity contribution is 0.0526. The predicted octanol–water partition coefficient (Wildman–Crippen LogP) is 5.18. The zero-order valence-corrected chi connectivity index (χ0v) is 20.1. The van der Waals surface area contributed by atoms with Gasteiger partial charge in [0.15, 0.2) is 0 Å². The van der Waals surface area contributed by atoms with Crippen LogP contribution in [0.4, 0.5) is 10.7 Å². The number of anilines is 2. The summed E-state index contributed by atoms with van der Waals surface area (Å²) in [4.78, 5) is 50.7. The van der Waals surface area contributed by atoms with Gasteiger partial charge in [0.05, 0.1) is 35.4 Å². The molecule has 0 saturated heterocycles. The lowest BCUT2D eigenvalue weighted by Crippen LogP contribution is -2.16. The third-order valence-electron chi connectivity index (χ3n) is 4.75. The molecule has 176 valence electrons. The van der Waals surface area contributed by atoms with Crippen LogP contribution in [-0.4, -0.2) is 37.5 Å². The zero-order valence-electron chi connectivity index (χ0n) is 18.6. The van der Waals surface area contributed by atoms with Crippen molar-refractivity contribution in [2.24, 2.45) is 0 Å². The van der Waals surface area contributed by atoms with E-state index in [9.17, 15) is 19.2 Å². The van der Waals surface area contributed by atoms with Crippen LogP contribution >= 0.6 is 22.9 Å². The molecule has 2 amide bonds. The second kappa shape index (κ2) is 11.0. The minimum absolute atomic E-state index is 0.0839. The SMILES string of the molecule is CCOC(=O)c1c(NC(=O)c2ccc(Cl)cc2)sc(C(=O)Nc2ccccc2C(=O)OC)c1C. The lowest BCUT2D eigenvalue weighted by atomic mass is 10.1. The third kappa shape index (κ3) is 5.44. The van der Waals surface area contributed by atoms with Crippen LogP contribution in [-0.2, 0) is 9.47 Å². The Bertz CT molecular complexity index is 1250. The van der Waals surface area contributed by atoms with Gasteiger partial charge in [0.25, 0.3) is 11.8 Å². The summed E-state index contributed by atoms with van der Waals surface area (Å²) in [5.41, 5.74) is 1.16. The van der Waals surface area contributed by atoms with Crippen LogP contribution in [0.3, 0.4) is 0 Å². The molecule has 1 heterocycles. The first-order valence-electron chi connectivity index (χ1n) is 10.1. The molecular formula is C24H21ClN2O6S. The lowest BCUT2D eigenvalue weighted by Gasteiger charge is -2.09. The van der Waals surface area contributed by atoms with Crippen molar-refractivity contribution in [2.45, 2.75) is 13.8 Å². The molecule has 0 spiro atoms. The smallest absolute Gasteiger partial charge is 0.341 e. The zero-order chi connectivity index (χ0) is 24.8. The molecule has 0 bridgehead atoms. The van der Waals surface area contributed by atoms with Crippen molar-refractivity contribution in [3.63, 3.8) is 0 Å². The number of benzene rings is 2. The van der Waals surface area contributed by atoms with Crippen molar-refractivity contribution in [1.29, 1.82) is 0 Å². The number of ether oxygens (including phenoxy) is 2. The normalized spacial score (nSPS) is 10.4. The highest BCUT2D eigenvalue weighted by Gasteiger charge is 2.27. The molecule has 0 fully saturated rings. The largest absolute Gasteiger partial charge is 0.465 e. The van der Waals surface area contributed by atoms with E-state index < -0.39 is 23.8 Å². The highest BCUT2D eigenvalue weighted by molar-refractivity contribution is 7.19. The van der Waals surface area contributed by atoms with E-state index in [2.05, 4.69) is 10.6 Å². The maximum Gasteiger partial charge on any atom is 0.341 e. The van der Waals surface area contributed by atoms with Crippen LogP contribution in [0.25, 0.3) is 0 Å². The number of methoxy groups -OCH3 is 1. The van der Waals surface area contributed by atoms with Gasteiger partial charge in [0.2, 0.25) is 0 Å². The molecule has 0 atom stereocenters. The molecule has 3 rings (SSSR count). The first-order valence-corrected chi connectivity index (χ1v) is 11.3. The van der Waals surface area contributed by atoms with E-state index in [1.54, 1.807) is 56.3 Å². The van der Waals surface area contributed by atoms with Crippen LogP contribution in [0.1, 0.15) is 53.2 Å². The summed E-state index contributed by atoms with van der Waals surface area (Å²) < 4.78 is 9.89. The van der Waals surface area contributed by atoms with E-state index in [-0.39, 0.29) is 33.3 Å². The van der Waals surface area contributed by atoms with Gasteiger partial charge < -0.3 is 20.1 Å². The van der Waals surface area contributed by atoms with E-state index in [0.29, 0.717) is 16.1 Å². The summed E-state index contributed by atoms with van der Waals surface area (Å²) in [5.74, 6) is -2.32. The van der Waals surface area contributed by atoms with Crippen molar-refractivity contribution >= 4 is 57.4 Å². The summed E-state index contributed by atoms with van der Waals surface area (Å²) in [6, 6.07) is 12.6. The van der Waals surface area contributed by atoms with Gasteiger partial charge >= 0.3 is 11.9 Å². The number of rotatable bonds is 7. The number of para-hydroxylation sites is 1. The van der Waals surface area contributed by atoms with E-state index in [0.717, 1.165) is 11.3 Å². The minimum atomic E-state index is -0.670. The number of carbonyl (C=O) groups excluding carboxylic acids is 4. The summed E-state index contributed by atoms with van der Waals surface area (Å²) >= 11 is 6.81. The molecule has 0 saturated carbocycles. The topological polar surface area (TPSA) is 111 Å². The van der Waals surface area contributed by atoms with Gasteiger partial charge in [-0.05, 0) is 55.8 Å². The maximum atomic E-state index is 13.1. The van der Waals surface area contributed by atoms with Gasteiger partial charge in [-0.25, -0.2) is 9.59 Å². The second-order valence-electron chi connectivity index (χ2n) is 6.93. The second-order valence-corrected chi connectivity index (χ2v) is 8.39. The Labute approximate surface area is 204 Å². The fourth-order valence-electron chi connectivity index (χ4n) is 3.10. The molecule has 0 aliphatic carbocycles. The number of hydrogen-bond donors (Lipinski definition) is 2. The predicted molar refractivity (Wildman–Crippen MR) is 130 cm³/mol. The molecule has 3 aromatic rings. The number of thiophene rings is 1. The Kier molecular flexibility index (Phi) is 8.04. The molecule has 8 nitrogen and oxygen atoms in total. The molecular weight excluding hydrogens is 480 g/mol. The summed E-state index contributed by atoms with van der Waals surface area (Å²) in [5, 5.41) is 6.01. The molecule has 34 heavy (non-hydrogen) atoms. The van der Waals surface area contributed by atoms with Gasteiger partial charge in [-0.3, -0.25) is 9.59 Å². The molecule has 10 heteroatoms. The molecule has 0 unspecified atom stereocenters. The van der Waals surface area contributed by atoms with E-state index >= 15 is 0 Å². The summed E-state index contributed by atoms with van der Waals surface area (Å²) in [6.45, 7) is 3.36. The van der Waals surface area contributed by atoms with E-state index in [1.165, 1.54) is 13.2 Å². The average molecular weight is 501 g/mol. The molecule has 0 aliphatic rings. The fourth-order valence-corrected chi connectivity index (χ4v) is 4.31. The summed E-state index contributed by atoms with van der Waals surface area (Å²) in [6.07, 6.45) is 0. The van der Waals surface area contributed by atoms with Gasteiger partial charge in [-0.15, -0.1) is 11.3 Å². The number of hydrogen-bond acceptors (Lipinski definition) is 7. The number of amides is 2. The Morgan fingerprint density at radius 3 is 2.26 bits per heavy atom. The highest BCUT2D eigenvalue weighted by atomic mass is 35.5. The maximum absolute atomic E-state index is 13.1. The summed E-state index contributed by atoms with van der Waals surface area (Å²) in [7, 11) is 1.24. The number of carbonyl (C=O) groups is 4. The van der Waals surface area contributed by atoms with Gasteiger partial charge in [-0.2, -0.15) is 0 Å². The first kappa shape index (κ1) is 24.9. The quantitative estimate of drug-likeness (QED) is 0.432. The first-order chi connectivity index (χ1) is 16.3. The number of nitrogens with one attached hydrogen (secondary N) is 2. The van der Waals surface area contributed by atoms with Crippen molar-refractivity contribution in [2.75, 3.05) is 24.4 Å². The monoisotopic (exact) mass is 500 g/mol. The minimum Gasteiger partial charge on any atom is -0.465 e. The van der Waals surface area contributed by atoms with Crippen molar-refractivity contribution in [1.82, 2.24) is 0 Å². The van der Waals surface area contributed by atoms with E-state index in [1.807, 2.05) is 0 Å². The third-order valence-corrected chi connectivity index (χ3v) is 6.20. The van der Waals surface area contributed by atoms with Crippen LogP contribution in [0.2, 0.25) is 5.02 Å². The van der Waals surface area contributed by atoms with Crippen molar-refractivity contribution < 1.29 is 28.7 Å². The average Bonchev–Trinajstić information content (AvgIpc) is 3.15. The highest BCUT2D eigenvalue weighted by Crippen LogP contribution is 2.35. The van der Waals surface area contributed by atoms with Crippen LogP contribution in [0, 0.1) is 6.92 Å². The van der Waals surface area contributed by atoms with Gasteiger partial charge in [0.1, 0.15) is 5.00 Å². The molecule has 0 aliphatic heterocycles. The fraction of sp³-hybridized carbons (Fsp3) is 0.167. The molecule has 1 aromatic heterocycles. The Morgan fingerprint density at radius 1 is 0.941 bits per heavy atom. The standard InChI is InChI=1S/C24H21ClN2O6S/c1-4-33-24(31)18-13(2)19(21(29)26-17-8-6-5-7-16(17)23(30)32-3)34-22(18)27-20(28)14-9-11-15(25)12-10-14/h5-12H,4H2,1-3H3,(H,26,29)(H,27,28). The van der Waals surface area contributed by atoms with Crippen molar-refractivity contribution in [3.05, 3.63) is 80.7 Å². The Balaban J connectivity index is 1.96. The van der Waals surface area contributed by atoms with Gasteiger partial charge in [-0.1, -0.05) is 23.7 Å². The Morgan fingerprint density at radius 2 is 1.62 bits per heavy atom. The van der Waals surface area contributed by atoms with Gasteiger partial charge in [0, 0.05) is 10.6 Å². The van der Waals surface area contributed by atoms with Crippen LogP contribution in [0.5, 0.6) is 0 Å². The van der Waals surface area contributed by atoms with E-state index in [4.69, 9.17) is 21.1 Å². The van der Waals surface area contributed by atoms with Crippen LogP contribution < -0.4 is 10.6 Å². The molecule has 2 N–H and O–H groups in total. The van der Waals surface area contributed by atoms with Crippen molar-refractivity contribution in [3.8, 4) is 0 Å². The molecule has 0 radical (unpaired) electrons. The number of esters is 2.